The van der Waals surface area contributed by atoms with Crippen LogP contribution in [0, 0.1) is 0 Å². The third-order valence-corrected chi connectivity index (χ3v) is 4.50. The predicted octanol–water partition coefficient (Wildman–Crippen LogP) is 3.04. The van der Waals surface area contributed by atoms with Gasteiger partial charge in [-0.1, -0.05) is 26.0 Å². The molecule has 0 aromatic heterocycles. The second-order valence-electron chi connectivity index (χ2n) is 4.73. The van der Waals surface area contributed by atoms with E-state index in [-0.39, 0.29) is 6.04 Å². The van der Waals surface area contributed by atoms with E-state index in [0.717, 1.165) is 24.8 Å². The molecule has 2 rings (SSSR count). The molecule has 2 N–H and O–H groups in total. The standard InChI is InChI=1S/C14H22N2S/c1-3-14(15)12-4-6-13(7-5-12)16-8-9-17-11(2)10-16/h4-7,11,14H,3,8-10,15H2,1-2H3/t11?,14-/m0/s1. The number of rotatable bonds is 3. The van der Waals surface area contributed by atoms with Gasteiger partial charge in [-0.25, -0.2) is 0 Å². The fraction of sp³-hybridized carbons (Fsp3) is 0.571. The van der Waals surface area contributed by atoms with Crippen LogP contribution < -0.4 is 10.6 Å². The maximum Gasteiger partial charge on any atom is 0.0367 e. The lowest BCUT2D eigenvalue weighted by molar-refractivity contribution is 0.698. The van der Waals surface area contributed by atoms with Gasteiger partial charge in [0.05, 0.1) is 0 Å². The molecule has 1 heterocycles. The minimum atomic E-state index is 0.180. The van der Waals surface area contributed by atoms with Gasteiger partial charge >= 0.3 is 0 Å². The molecule has 0 saturated carbocycles. The van der Waals surface area contributed by atoms with Gasteiger partial charge < -0.3 is 10.6 Å². The van der Waals surface area contributed by atoms with Crippen molar-refractivity contribution < 1.29 is 0 Å². The summed E-state index contributed by atoms with van der Waals surface area (Å²) in [6.45, 7) is 6.75. The molecular formula is C14H22N2S. The minimum Gasteiger partial charge on any atom is -0.370 e. The Balaban J connectivity index is 2.06. The fourth-order valence-corrected chi connectivity index (χ4v) is 3.23. The van der Waals surface area contributed by atoms with E-state index in [2.05, 4.69) is 54.8 Å². The molecule has 3 heteroatoms. The molecule has 2 nitrogen and oxygen atoms in total. The Kier molecular flexibility index (Phi) is 4.35. The molecule has 1 fully saturated rings. The lowest BCUT2D eigenvalue weighted by atomic mass is 10.1. The minimum absolute atomic E-state index is 0.180. The Morgan fingerprint density at radius 2 is 2.12 bits per heavy atom. The maximum atomic E-state index is 6.03. The first-order valence-corrected chi connectivity index (χ1v) is 7.47. The quantitative estimate of drug-likeness (QED) is 0.894. The normalized spacial score (nSPS) is 22.5. The van der Waals surface area contributed by atoms with Crippen LogP contribution >= 0.6 is 11.8 Å². The van der Waals surface area contributed by atoms with E-state index < -0.39 is 0 Å². The van der Waals surface area contributed by atoms with Gasteiger partial charge in [0.15, 0.2) is 0 Å². The number of nitrogens with two attached hydrogens (primary N) is 1. The van der Waals surface area contributed by atoms with E-state index in [1.54, 1.807) is 0 Å². The Morgan fingerprint density at radius 3 is 2.71 bits per heavy atom. The third-order valence-electron chi connectivity index (χ3n) is 3.37. The van der Waals surface area contributed by atoms with Crippen LogP contribution in [-0.2, 0) is 0 Å². The zero-order valence-corrected chi connectivity index (χ0v) is 11.5. The van der Waals surface area contributed by atoms with Gasteiger partial charge in [0, 0.05) is 35.8 Å². The molecule has 94 valence electrons. The first-order chi connectivity index (χ1) is 8.20. The SMILES string of the molecule is CC[C@H](N)c1ccc(N2CCSC(C)C2)cc1. The highest BCUT2D eigenvalue weighted by Crippen LogP contribution is 2.25. The molecule has 1 unspecified atom stereocenters. The second-order valence-corrected chi connectivity index (χ2v) is 6.28. The molecule has 17 heavy (non-hydrogen) atoms. The van der Waals surface area contributed by atoms with Crippen LogP contribution in [0.15, 0.2) is 24.3 Å². The van der Waals surface area contributed by atoms with Crippen LogP contribution in [0.2, 0.25) is 0 Å². The summed E-state index contributed by atoms with van der Waals surface area (Å²) in [6, 6.07) is 8.97. The van der Waals surface area contributed by atoms with Gasteiger partial charge in [0.2, 0.25) is 0 Å². The molecule has 1 aliphatic heterocycles. The number of thioether (sulfide) groups is 1. The summed E-state index contributed by atoms with van der Waals surface area (Å²) in [4.78, 5) is 2.47. The van der Waals surface area contributed by atoms with E-state index in [1.807, 2.05) is 0 Å². The van der Waals surface area contributed by atoms with Crippen molar-refractivity contribution in [2.45, 2.75) is 31.6 Å². The van der Waals surface area contributed by atoms with Crippen LogP contribution in [0.4, 0.5) is 5.69 Å². The van der Waals surface area contributed by atoms with Gasteiger partial charge in [-0.3, -0.25) is 0 Å². The smallest absolute Gasteiger partial charge is 0.0367 e. The summed E-state index contributed by atoms with van der Waals surface area (Å²) < 4.78 is 0. The maximum absolute atomic E-state index is 6.03. The highest BCUT2D eigenvalue weighted by atomic mass is 32.2. The summed E-state index contributed by atoms with van der Waals surface area (Å²) in [7, 11) is 0. The molecule has 0 amide bonds. The van der Waals surface area contributed by atoms with Crippen molar-refractivity contribution in [3.63, 3.8) is 0 Å². The van der Waals surface area contributed by atoms with E-state index in [4.69, 9.17) is 5.73 Å². The number of hydrogen-bond acceptors (Lipinski definition) is 3. The first kappa shape index (κ1) is 12.8. The van der Waals surface area contributed by atoms with Crippen molar-refractivity contribution >= 4 is 17.4 Å². The van der Waals surface area contributed by atoms with Crippen molar-refractivity contribution in [3.05, 3.63) is 29.8 Å². The van der Waals surface area contributed by atoms with Crippen molar-refractivity contribution in [2.75, 3.05) is 23.7 Å². The van der Waals surface area contributed by atoms with Gasteiger partial charge in [-0.15, -0.1) is 0 Å². The molecule has 1 aromatic rings. The van der Waals surface area contributed by atoms with Crippen LogP contribution in [0.5, 0.6) is 0 Å². The van der Waals surface area contributed by atoms with Crippen LogP contribution in [0.3, 0.4) is 0 Å². The van der Waals surface area contributed by atoms with E-state index in [9.17, 15) is 0 Å². The Morgan fingerprint density at radius 1 is 1.41 bits per heavy atom. The Bertz CT molecular complexity index is 350. The summed E-state index contributed by atoms with van der Waals surface area (Å²) in [5.74, 6) is 1.23. The van der Waals surface area contributed by atoms with E-state index in [0.29, 0.717) is 0 Å². The summed E-state index contributed by atoms with van der Waals surface area (Å²) >= 11 is 2.07. The molecule has 1 aromatic carbocycles. The van der Waals surface area contributed by atoms with Gasteiger partial charge in [-0.2, -0.15) is 11.8 Å². The molecule has 0 spiro atoms. The summed E-state index contributed by atoms with van der Waals surface area (Å²) in [5.41, 5.74) is 8.61. The predicted molar refractivity (Wildman–Crippen MR) is 77.8 cm³/mol. The molecule has 1 aliphatic rings. The molecule has 0 aliphatic carbocycles. The van der Waals surface area contributed by atoms with Crippen LogP contribution in [0.1, 0.15) is 31.9 Å². The Labute approximate surface area is 109 Å². The molecule has 0 radical (unpaired) electrons. The lowest BCUT2D eigenvalue weighted by Crippen LogP contribution is -2.36. The summed E-state index contributed by atoms with van der Waals surface area (Å²) in [6.07, 6.45) is 0.997. The van der Waals surface area contributed by atoms with Crippen LogP contribution in [-0.4, -0.2) is 24.1 Å². The van der Waals surface area contributed by atoms with Crippen molar-refractivity contribution in [2.24, 2.45) is 5.73 Å². The van der Waals surface area contributed by atoms with Gasteiger partial charge in [0.25, 0.3) is 0 Å². The number of nitrogens with zero attached hydrogens (tertiary/aromatic N) is 1. The number of hydrogen-bond donors (Lipinski definition) is 1. The monoisotopic (exact) mass is 250 g/mol. The largest absolute Gasteiger partial charge is 0.370 e. The van der Waals surface area contributed by atoms with Crippen LogP contribution in [0.25, 0.3) is 0 Å². The average Bonchev–Trinajstić information content (AvgIpc) is 2.38. The third kappa shape index (κ3) is 3.17. The van der Waals surface area contributed by atoms with Crippen molar-refractivity contribution in [3.8, 4) is 0 Å². The molecule has 0 bridgehead atoms. The molecular weight excluding hydrogens is 228 g/mol. The van der Waals surface area contributed by atoms with Gasteiger partial charge in [-0.05, 0) is 24.1 Å². The molecule has 1 saturated heterocycles. The van der Waals surface area contributed by atoms with Crippen molar-refractivity contribution in [1.82, 2.24) is 0 Å². The highest BCUT2D eigenvalue weighted by Gasteiger charge is 2.16. The van der Waals surface area contributed by atoms with Gasteiger partial charge in [0.1, 0.15) is 0 Å². The summed E-state index contributed by atoms with van der Waals surface area (Å²) in [5, 5.41) is 0.737. The highest BCUT2D eigenvalue weighted by molar-refractivity contribution is 8.00. The zero-order valence-electron chi connectivity index (χ0n) is 10.7. The topological polar surface area (TPSA) is 29.3 Å². The zero-order chi connectivity index (χ0) is 12.3. The fourth-order valence-electron chi connectivity index (χ4n) is 2.22. The number of anilines is 1. The van der Waals surface area contributed by atoms with E-state index in [1.165, 1.54) is 17.0 Å². The first-order valence-electron chi connectivity index (χ1n) is 6.42. The Hall–Kier alpha value is -0.670. The second kappa shape index (κ2) is 5.78. The average molecular weight is 250 g/mol. The van der Waals surface area contributed by atoms with E-state index >= 15 is 0 Å². The number of benzene rings is 1. The lowest BCUT2D eigenvalue weighted by Gasteiger charge is -2.32. The van der Waals surface area contributed by atoms with Crippen molar-refractivity contribution in [1.29, 1.82) is 0 Å². The molecule has 2 atom stereocenters.